The van der Waals surface area contributed by atoms with Gasteiger partial charge < -0.3 is 10.6 Å². The Hall–Kier alpha value is -1.61. The molecule has 2 heterocycles. The van der Waals surface area contributed by atoms with Crippen LogP contribution in [-0.2, 0) is 20.1 Å². The van der Waals surface area contributed by atoms with Crippen LogP contribution in [0.1, 0.15) is 41.8 Å². The number of rotatable bonds is 6. The molecular formula is C22H35IN6. The first-order valence-corrected chi connectivity index (χ1v) is 10.3. The summed E-state index contributed by atoms with van der Waals surface area (Å²) in [5.41, 5.74) is 4.90. The SMILES string of the molecule is CN=C(NCc1c(C)nn(C)c1C)NCC1CCCCN1Cc1ccccc1.I. The van der Waals surface area contributed by atoms with E-state index in [1.807, 2.05) is 18.8 Å². The second-order valence-corrected chi connectivity index (χ2v) is 7.69. The molecule has 7 heteroatoms. The van der Waals surface area contributed by atoms with E-state index >= 15 is 0 Å². The van der Waals surface area contributed by atoms with Crippen LogP contribution in [0.4, 0.5) is 0 Å². The number of guanidine groups is 1. The maximum atomic E-state index is 4.49. The van der Waals surface area contributed by atoms with Crippen LogP contribution in [0, 0.1) is 13.8 Å². The minimum absolute atomic E-state index is 0. The molecule has 3 rings (SSSR count). The number of hydrogen-bond acceptors (Lipinski definition) is 3. The second kappa shape index (κ2) is 11.5. The predicted molar refractivity (Wildman–Crippen MR) is 131 cm³/mol. The second-order valence-electron chi connectivity index (χ2n) is 7.69. The molecule has 2 N–H and O–H groups in total. The van der Waals surface area contributed by atoms with Crippen LogP contribution in [0.2, 0.25) is 0 Å². The van der Waals surface area contributed by atoms with Gasteiger partial charge in [0, 0.05) is 51.0 Å². The van der Waals surface area contributed by atoms with Gasteiger partial charge in [0.15, 0.2) is 5.96 Å². The lowest BCUT2D eigenvalue weighted by Crippen LogP contribution is -2.48. The molecule has 6 nitrogen and oxygen atoms in total. The molecule has 2 aromatic rings. The Morgan fingerprint density at radius 1 is 1.17 bits per heavy atom. The van der Waals surface area contributed by atoms with Gasteiger partial charge >= 0.3 is 0 Å². The lowest BCUT2D eigenvalue weighted by Gasteiger charge is -2.36. The first kappa shape index (κ1) is 23.7. The normalized spacial score (nSPS) is 17.7. The fourth-order valence-corrected chi connectivity index (χ4v) is 4.00. The highest BCUT2D eigenvalue weighted by atomic mass is 127. The average molecular weight is 510 g/mol. The average Bonchev–Trinajstić information content (AvgIpc) is 2.95. The van der Waals surface area contributed by atoms with Gasteiger partial charge in [0.25, 0.3) is 0 Å². The van der Waals surface area contributed by atoms with Gasteiger partial charge in [-0.1, -0.05) is 36.8 Å². The molecule has 1 aromatic heterocycles. The number of piperidine rings is 1. The van der Waals surface area contributed by atoms with Crippen LogP contribution in [0.5, 0.6) is 0 Å². The monoisotopic (exact) mass is 510 g/mol. The summed E-state index contributed by atoms with van der Waals surface area (Å²) in [7, 11) is 3.82. The zero-order valence-electron chi connectivity index (χ0n) is 18.1. The fraction of sp³-hybridized carbons (Fsp3) is 0.545. The molecule has 29 heavy (non-hydrogen) atoms. The Kier molecular flexibility index (Phi) is 9.42. The number of halogens is 1. The van der Waals surface area contributed by atoms with E-state index in [1.165, 1.54) is 42.6 Å². The van der Waals surface area contributed by atoms with Crippen LogP contribution in [-0.4, -0.2) is 46.8 Å². The summed E-state index contributed by atoms with van der Waals surface area (Å²) in [6.45, 7) is 8.01. The third kappa shape index (κ3) is 6.44. The van der Waals surface area contributed by atoms with E-state index in [9.17, 15) is 0 Å². The lowest BCUT2D eigenvalue weighted by molar-refractivity contribution is 0.141. The molecule has 0 bridgehead atoms. The van der Waals surface area contributed by atoms with Crippen molar-refractivity contribution in [3.8, 4) is 0 Å². The minimum atomic E-state index is 0. The highest BCUT2D eigenvalue weighted by molar-refractivity contribution is 14.0. The quantitative estimate of drug-likeness (QED) is 0.356. The van der Waals surface area contributed by atoms with Gasteiger partial charge in [-0.05, 0) is 38.8 Å². The summed E-state index contributed by atoms with van der Waals surface area (Å²) in [5.74, 6) is 0.855. The van der Waals surface area contributed by atoms with Crippen molar-refractivity contribution in [3.05, 3.63) is 52.8 Å². The van der Waals surface area contributed by atoms with Gasteiger partial charge in [-0.25, -0.2) is 0 Å². The Balaban J connectivity index is 0.00000300. The van der Waals surface area contributed by atoms with Crippen molar-refractivity contribution >= 4 is 29.9 Å². The van der Waals surface area contributed by atoms with E-state index in [0.717, 1.165) is 31.3 Å². The number of likely N-dealkylation sites (tertiary alicyclic amines) is 1. The van der Waals surface area contributed by atoms with E-state index in [0.29, 0.717) is 6.04 Å². The fourth-order valence-electron chi connectivity index (χ4n) is 4.00. The molecule has 1 atom stereocenters. The largest absolute Gasteiger partial charge is 0.355 e. The molecule has 0 spiro atoms. The summed E-state index contributed by atoms with van der Waals surface area (Å²) < 4.78 is 1.94. The maximum absolute atomic E-state index is 4.49. The number of aromatic nitrogens is 2. The van der Waals surface area contributed by atoms with E-state index in [-0.39, 0.29) is 24.0 Å². The van der Waals surface area contributed by atoms with Crippen molar-refractivity contribution in [3.63, 3.8) is 0 Å². The van der Waals surface area contributed by atoms with Crippen molar-refractivity contribution in [2.45, 2.75) is 52.2 Å². The van der Waals surface area contributed by atoms with Crippen LogP contribution >= 0.6 is 24.0 Å². The zero-order chi connectivity index (χ0) is 19.9. The third-order valence-electron chi connectivity index (χ3n) is 5.80. The molecule has 1 saturated heterocycles. The van der Waals surface area contributed by atoms with Gasteiger partial charge in [0.2, 0.25) is 0 Å². The Labute approximate surface area is 192 Å². The Morgan fingerprint density at radius 2 is 1.93 bits per heavy atom. The molecule has 1 unspecified atom stereocenters. The predicted octanol–water partition coefficient (Wildman–Crippen LogP) is 3.37. The number of nitrogens with zero attached hydrogens (tertiary/aromatic N) is 4. The Bertz CT molecular complexity index is 786. The van der Waals surface area contributed by atoms with E-state index in [2.05, 4.69) is 69.8 Å². The van der Waals surface area contributed by atoms with Gasteiger partial charge in [0.1, 0.15) is 0 Å². The maximum Gasteiger partial charge on any atom is 0.191 e. The van der Waals surface area contributed by atoms with Crippen molar-refractivity contribution in [1.29, 1.82) is 0 Å². The highest BCUT2D eigenvalue weighted by Gasteiger charge is 2.22. The molecule has 1 aromatic carbocycles. The van der Waals surface area contributed by atoms with Crippen molar-refractivity contribution in [2.75, 3.05) is 20.1 Å². The van der Waals surface area contributed by atoms with Crippen LogP contribution in [0.15, 0.2) is 35.3 Å². The van der Waals surface area contributed by atoms with Gasteiger partial charge in [0.05, 0.1) is 5.69 Å². The van der Waals surface area contributed by atoms with Gasteiger partial charge in [-0.3, -0.25) is 14.6 Å². The number of hydrogen-bond donors (Lipinski definition) is 2. The van der Waals surface area contributed by atoms with E-state index < -0.39 is 0 Å². The zero-order valence-corrected chi connectivity index (χ0v) is 20.4. The topological polar surface area (TPSA) is 57.5 Å². The lowest BCUT2D eigenvalue weighted by atomic mass is 10.0. The minimum Gasteiger partial charge on any atom is -0.355 e. The van der Waals surface area contributed by atoms with Crippen molar-refractivity contribution in [1.82, 2.24) is 25.3 Å². The number of aryl methyl sites for hydroxylation is 2. The molecule has 0 radical (unpaired) electrons. The van der Waals surface area contributed by atoms with Crippen molar-refractivity contribution in [2.24, 2.45) is 12.0 Å². The molecule has 0 aliphatic carbocycles. The first-order chi connectivity index (χ1) is 13.6. The van der Waals surface area contributed by atoms with Crippen LogP contribution < -0.4 is 10.6 Å². The van der Waals surface area contributed by atoms with Crippen LogP contribution in [0.3, 0.4) is 0 Å². The Morgan fingerprint density at radius 3 is 2.59 bits per heavy atom. The summed E-state index contributed by atoms with van der Waals surface area (Å²) in [4.78, 5) is 7.02. The molecular weight excluding hydrogens is 475 g/mol. The molecule has 1 fully saturated rings. The molecule has 1 aliphatic rings. The molecule has 0 amide bonds. The van der Waals surface area contributed by atoms with E-state index in [1.54, 1.807) is 0 Å². The summed E-state index contributed by atoms with van der Waals surface area (Å²) in [6, 6.07) is 11.3. The summed E-state index contributed by atoms with van der Waals surface area (Å²) in [5, 5.41) is 11.5. The van der Waals surface area contributed by atoms with E-state index in [4.69, 9.17) is 0 Å². The van der Waals surface area contributed by atoms with Crippen LogP contribution in [0.25, 0.3) is 0 Å². The molecule has 0 saturated carbocycles. The summed E-state index contributed by atoms with van der Waals surface area (Å²) in [6.07, 6.45) is 3.82. The van der Waals surface area contributed by atoms with Gasteiger partial charge in [-0.2, -0.15) is 5.10 Å². The number of aliphatic imine (C=N–C) groups is 1. The number of nitrogens with one attached hydrogen (secondary N) is 2. The van der Waals surface area contributed by atoms with Gasteiger partial charge in [-0.15, -0.1) is 24.0 Å². The smallest absolute Gasteiger partial charge is 0.191 e. The summed E-state index contributed by atoms with van der Waals surface area (Å²) >= 11 is 0. The highest BCUT2D eigenvalue weighted by Crippen LogP contribution is 2.19. The standard InChI is InChI=1S/C22H34N6.HI/c1-17-21(18(2)27(4)26-17)15-25-22(23-3)24-14-20-12-8-9-13-28(20)16-19-10-6-5-7-11-19;/h5-7,10-11,20H,8-9,12-16H2,1-4H3,(H2,23,24,25);1H. The molecule has 160 valence electrons. The third-order valence-corrected chi connectivity index (χ3v) is 5.80. The van der Waals surface area contributed by atoms with Crippen molar-refractivity contribution < 1.29 is 0 Å². The molecule has 1 aliphatic heterocycles. The first-order valence-electron chi connectivity index (χ1n) is 10.3. The number of benzene rings is 1.